The van der Waals surface area contributed by atoms with Crippen molar-refractivity contribution in [3.05, 3.63) is 0 Å². The van der Waals surface area contributed by atoms with Crippen LogP contribution in [0.4, 0.5) is 4.79 Å². The Morgan fingerprint density at radius 2 is 1.95 bits per heavy atom. The molecule has 5 nitrogen and oxygen atoms in total. The van der Waals surface area contributed by atoms with Crippen molar-refractivity contribution >= 4 is 14.4 Å². The molecule has 1 heterocycles. The van der Waals surface area contributed by atoms with E-state index < -0.39 is 8.32 Å². The van der Waals surface area contributed by atoms with E-state index in [-0.39, 0.29) is 23.3 Å². The molecular weight excluding hydrogens is 296 g/mol. The molecular formula is C16H34N2O3Si. The van der Waals surface area contributed by atoms with Crippen molar-refractivity contribution in [1.82, 2.24) is 4.90 Å². The van der Waals surface area contributed by atoms with Crippen LogP contribution in [0.25, 0.3) is 0 Å². The molecule has 1 saturated heterocycles. The Hall–Kier alpha value is -0.593. The highest BCUT2D eigenvalue weighted by atomic mass is 28.4. The first kappa shape index (κ1) is 19.5. The molecule has 1 aliphatic heterocycles. The topological polar surface area (TPSA) is 64.8 Å². The standard InChI is InChI=1S/C16H34N2O3Si/c1-7-8-9-20-15(19)18-11-13(17)10-14(12-18)21-22(5,6)16(2,3)4/h13-14H,7-12,17H2,1-6H3. The van der Waals surface area contributed by atoms with Crippen LogP contribution in [0.15, 0.2) is 0 Å². The third-order valence-corrected chi connectivity index (χ3v) is 9.23. The van der Waals surface area contributed by atoms with Crippen LogP contribution in [-0.2, 0) is 9.16 Å². The molecule has 0 aromatic rings. The molecule has 130 valence electrons. The summed E-state index contributed by atoms with van der Waals surface area (Å²) in [5.74, 6) is 0. The monoisotopic (exact) mass is 330 g/mol. The van der Waals surface area contributed by atoms with Crippen LogP contribution in [-0.4, -0.2) is 51.2 Å². The van der Waals surface area contributed by atoms with Gasteiger partial charge in [0.2, 0.25) is 0 Å². The minimum absolute atomic E-state index is 0.0170. The number of carbonyl (C=O) groups excluding carboxylic acids is 1. The second kappa shape index (κ2) is 7.79. The van der Waals surface area contributed by atoms with Gasteiger partial charge in [-0.1, -0.05) is 34.1 Å². The van der Waals surface area contributed by atoms with Gasteiger partial charge in [-0.25, -0.2) is 4.79 Å². The molecule has 0 aromatic carbocycles. The lowest BCUT2D eigenvalue weighted by atomic mass is 10.0. The summed E-state index contributed by atoms with van der Waals surface area (Å²) in [6.07, 6.45) is 2.49. The van der Waals surface area contributed by atoms with Crippen LogP contribution in [0.1, 0.15) is 47.0 Å². The van der Waals surface area contributed by atoms with Gasteiger partial charge in [0, 0.05) is 19.1 Å². The van der Waals surface area contributed by atoms with Crippen LogP contribution >= 0.6 is 0 Å². The third kappa shape index (κ3) is 5.55. The summed E-state index contributed by atoms with van der Waals surface area (Å²) in [6, 6.07) is -0.0396. The van der Waals surface area contributed by atoms with Crippen LogP contribution in [0, 0.1) is 0 Å². The lowest BCUT2D eigenvalue weighted by Crippen LogP contribution is -2.55. The van der Waals surface area contributed by atoms with Gasteiger partial charge in [0.15, 0.2) is 8.32 Å². The number of carbonyl (C=O) groups is 1. The minimum Gasteiger partial charge on any atom is -0.449 e. The molecule has 1 rings (SSSR count). The van der Waals surface area contributed by atoms with E-state index in [1.165, 1.54) is 0 Å². The van der Waals surface area contributed by atoms with Crippen molar-refractivity contribution in [2.75, 3.05) is 19.7 Å². The minimum atomic E-state index is -1.85. The van der Waals surface area contributed by atoms with Gasteiger partial charge < -0.3 is 19.8 Å². The molecule has 0 aliphatic carbocycles. The largest absolute Gasteiger partial charge is 0.449 e. The summed E-state index contributed by atoms with van der Waals surface area (Å²) in [4.78, 5) is 13.8. The molecule has 1 aliphatic rings. The first-order chi connectivity index (χ1) is 10.1. The predicted molar refractivity (Wildman–Crippen MR) is 92.5 cm³/mol. The van der Waals surface area contributed by atoms with Crippen molar-refractivity contribution in [2.24, 2.45) is 5.73 Å². The van der Waals surface area contributed by atoms with Crippen molar-refractivity contribution in [3.8, 4) is 0 Å². The van der Waals surface area contributed by atoms with Gasteiger partial charge in [0.05, 0.1) is 12.7 Å². The van der Waals surface area contributed by atoms with Crippen molar-refractivity contribution in [3.63, 3.8) is 0 Å². The number of hydrogen-bond acceptors (Lipinski definition) is 4. The van der Waals surface area contributed by atoms with E-state index in [0.717, 1.165) is 19.3 Å². The molecule has 22 heavy (non-hydrogen) atoms. The summed E-state index contributed by atoms with van der Waals surface area (Å²) in [6.45, 7) is 14.8. The number of unbranched alkanes of at least 4 members (excludes halogenated alkanes) is 1. The summed E-state index contributed by atoms with van der Waals surface area (Å²) >= 11 is 0. The van der Waals surface area contributed by atoms with E-state index in [2.05, 4.69) is 40.8 Å². The maximum Gasteiger partial charge on any atom is 0.409 e. The fourth-order valence-corrected chi connectivity index (χ4v) is 3.67. The molecule has 0 spiro atoms. The van der Waals surface area contributed by atoms with Gasteiger partial charge in [-0.3, -0.25) is 0 Å². The zero-order chi connectivity index (χ0) is 17.0. The van der Waals surface area contributed by atoms with E-state index in [4.69, 9.17) is 14.9 Å². The molecule has 1 fully saturated rings. The van der Waals surface area contributed by atoms with Crippen LogP contribution in [0.5, 0.6) is 0 Å². The second-order valence-corrected chi connectivity index (χ2v) is 12.6. The quantitative estimate of drug-likeness (QED) is 0.620. The molecule has 6 heteroatoms. The van der Waals surface area contributed by atoms with Gasteiger partial charge >= 0.3 is 6.09 Å². The molecule has 2 unspecified atom stereocenters. The molecule has 2 N–H and O–H groups in total. The fraction of sp³-hybridized carbons (Fsp3) is 0.938. The highest BCUT2D eigenvalue weighted by Gasteiger charge is 2.41. The van der Waals surface area contributed by atoms with Gasteiger partial charge in [-0.2, -0.15) is 0 Å². The van der Waals surface area contributed by atoms with Gasteiger partial charge in [0.1, 0.15) is 0 Å². The van der Waals surface area contributed by atoms with Crippen molar-refractivity contribution < 1.29 is 14.0 Å². The highest BCUT2D eigenvalue weighted by Crippen LogP contribution is 2.38. The van der Waals surface area contributed by atoms with Crippen LogP contribution < -0.4 is 5.73 Å². The number of hydrogen-bond donors (Lipinski definition) is 1. The SMILES string of the molecule is CCCCOC(=O)N1CC(N)CC(O[Si](C)(C)C(C)(C)C)C1. The lowest BCUT2D eigenvalue weighted by molar-refractivity contribution is 0.0465. The lowest BCUT2D eigenvalue weighted by Gasteiger charge is -2.43. The number of ether oxygens (including phenoxy) is 1. The number of rotatable bonds is 5. The van der Waals surface area contributed by atoms with E-state index in [1.807, 2.05) is 0 Å². The molecule has 1 amide bonds. The summed E-state index contributed by atoms with van der Waals surface area (Å²) in [5, 5.41) is 0.154. The Labute approximate surface area is 136 Å². The number of amides is 1. The normalized spacial score (nSPS) is 23.5. The molecule has 0 radical (unpaired) electrons. The van der Waals surface area contributed by atoms with E-state index in [0.29, 0.717) is 19.7 Å². The van der Waals surface area contributed by atoms with Gasteiger partial charge in [-0.05, 0) is 31.0 Å². The third-order valence-electron chi connectivity index (χ3n) is 4.69. The van der Waals surface area contributed by atoms with Gasteiger partial charge in [-0.15, -0.1) is 0 Å². The Morgan fingerprint density at radius 1 is 1.32 bits per heavy atom. The molecule has 2 atom stereocenters. The maximum absolute atomic E-state index is 12.1. The summed E-state index contributed by atoms with van der Waals surface area (Å²) in [7, 11) is -1.85. The predicted octanol–water partition coefficient (Wildman–Crippen LogP) is 3.35. The maximum atomic E-state index is 12.1. The number of likely N-dealkylation sites (tertiary alicyclic amines) is 1. The smallest absolute Gasteiger partial charge is 0.409 e. The number of nitrogens with two attached hydrogens (primary N) is 1. The molecule has 0 saturated carbocycles. The average Bonchev–Trinajstić information content (AvgIpc) is 2.36. The summed E-state index contributed by atoms with van der Waals surface area (Å²) < 4.78 is 11.7. The van der Waals surface area contributed by atoms with Crippen molar-refractivity contribution in [1.29, 1.82) is 0 Å². The van der Waals surface area contributed by atoms with Crippen LogP contribution in [0.3, 0.4) is 0 Å². The Morgan fingerprint density at radius 3 is 2.50 bits per heavy atom. The summed E-state index contributed by atoms with van der Waals surface area (Å²) in [5.41, 5.74) is 6.12. The van der Waals surface area contributed by atoms with Crippen molar-refractivity contribution in [2.45, 2.75) is 77.2 Å². The number of piperidine rings is 1. The first-order valence-corrected chi connectivity index (χ1v) is 11.3. The Bertz CT molecular complexity index is 369. The van der Waals surface area contributed by atoms with Crippen LogP contribution in [0.2, 0.25) is 18.1 Å². The zero-order valence-corrected chi connectivity index (χ0v) is 16.1. The first-order valence-electron chi connectivity index (χ1n) is 8.42. The molecule has 0 bridgehead atoms. The zero-order valence-electron chi connectivity index (χ0n) is 15.1. The van der Waals surface area contributed by atoms with E-state index >= 15 is 0 Å². The Balaban J connectivity index is 2.61. The van der Waals surface area contributed by atoms with E-state index in [1.54, 1.807) is 4.90 Å². The van der Waals surface area contributed by atoms with E-state index in [9.17, 15) is 4.79 Å². The highest BCUT2D eigenvalue weighted by molar-refractivity contribution is 6.74. The number of nitrogens with zero attached hydrogens (tertiary/aromatic N) is 1. The average molecular weight is 331 g/mol. The molecule has 0 aromatic heterocycles. The van der Waals surface area contributed by atoms with Gasteiger partial charge in [0.25, 0.3) is 0 Å². The second-order valence-electron chi connectivity index (χ2n) is 7.87. The Kier molecular flexibility index (Phi) is 6.89. The fourth-order valence-electron chi connectivity index (χ4n) is 2.31.